The zero-order chi connectivity index (χ0) is 26.6. The van der Waals surface area contributed by atoms with E-state index in [1.165, 1.54) is 11.8 Å². The molecule has 0 aliphatic carbocycles. The standard InChI is InChI=1S/C24H29ClN6O5/c1-14(2)36-20-10-9-18(11-19(20)25)27-22-29(13-17-7-5-15(3)6-8-17)23(33)30(24(34)31(22)26)12-16(4)21(32)28-35/h5-11,14,16,22,27H,12-13,26H2,1-4H3/t16-,22?/m0/s1. The van der Waals surface area contributed by atoms with E-state index in [4.69, 9.17) is 22.2 Å². The van der Waals surface area contributed by atoms with Crippen molar-refractivity contribution in [2.75, 3.05) is 11.9 Å². The Hall–Kier alpha value is -3.70. The number of hydrazine groups is 1. The molecule has 2 atom stereocenters. The molecule has 0 saturated carbocycles. The number of ether oxygens (including phenoxy) is 1. The third kappa shape index (κ3) is 6.10. The second-order valence-electron chi connectivity index (χ2n) is 8.86. The SMILES string of the molecule is Cc1ccc(CN2C(=O)N(C[C@H](C)C(=O)N=O)C(=O)N(N)C2Nc2ccc(OC(C)C)c(Cl)c2)cc1. The van der Waals surface area contributed by atoms with E-state index in [9.17, 15) is 19.3 Å². The first-order valence-corrected chi connectivity index (χ1v) is 11.7. The zero-order valence-corrected chi connectivity index (χ0v) is 21.2. The number of nitrogens with zero attached hydrogens (tertiary/aromatic N) is 4. The minimum atomic E-state index is -1.08. The molecule has 0 aromatic heterocycles. The maximum absolute atomic E-state index is 13.5. The lowest BCUT2D eigenvalue weighted by Gasteiger charge is -2.45. The van der Waals surface area contributed by atoms with E-state index in [1.54, 1.807) is 18.2 Å². The van der Waals surface area contributed by atoms with E-state index >= 15 is 0 Å². The van der Waals surface area contributed by atoms with Crippen LogP contribution in [0, 0.1) is 17.7 Å². The van der Waals surface area contributed by atoms with Gasteiger partial charge in [0, 0.05) is 17.4 Å². The Morgan fingerprint density at radius 3 is 2.39 bits per heavy atom. The Kier molecular flexibility index (Phi) is 8.49. The Balaban J connectivity index is 1.93. The van der Waals surface area contributed by atoms with E-state index in [0.29, 0.717) is 16.5 Å². The summed E-state index contributed by atoms with van der Waals surface area (Å²) >= 11 is 6.36. The van der Waals surface area contributed by atoms with Gasteiger partial charge in [0.25, 0.3) is 5.91 Å². The van der Waals surface area contributed by atoms with Crippen molar-refractivity contribution < 1.29 is 19.1 Å². The van der Waals surface area contributed by atoms with Gasteiger partial charge in [0.15, 0.2) is 0 Å². The van der Waals surface area contributed by atoms with Crippen molar-refractivity contribution in [2.24, 2.45) is 16.9 Å². The highest BCUT2D eigenvalue weighted by atomic mass is 35.5. The number of nitrogens with one attached hydrogen (secondary N) is 1. The predicted octanol–water partition coefficient (Wildman–Crippen LogP) is 4.29. The molecule has 1 aliphatic rings. The van der Waals surface area contributed by atoms with E-state index in [1.807, 2.05) is 45.0 Å². The number of carbonyl (C=O) groups excluding carboxylic acids is 3. The van der Waals surface area contributed by atoms with Crippen LogP contribution < -0.4 is 15.9 Å². The number of amides is 5. The molecule has 5 amide bonds. The van der Waals surface area contributed by atoms with E-state index in [2.05, 4.69) is 10.5 Å². The zero-order valence-electron chi connectivity index (χ0n) is 20.5. The monoisotopic (exact) mass is 516 g/mol. The average molecular weight is 517 g/mol. The van der Waals surface area contributed by atoms with E-state index < -0.39 is 30.2 Å². The van der Waals surface area contributed by atoms with Gasteiger partial charge >= 0.3 is 12.1 Å². The van der Waals surface area contributed by atoms with Gasteiger partial charge < -0.3 is 10.1 Å². The van der Waals surface area contributed by atoms with Crippen LogP contribution in [-0.4, -0.2) is 51.7 Å². The fourth-order valence-electron chi connectivity index (χ4n) is 3.61. The molecule has 3 rings (SSSR count). The summed E-state index contributed by atoms with van der Waals surface area (Å²) in [6.07, 6.45) is -1.15. The van der Waals surface area contributed by atoms with Crippen LogP contribution in [0.1, 0.15) is 31.9 Å². The molecule has 2 aromatic rings. The molecule has 1 aliphatic heterocycles. The van der Waals surface area contributed by atoms with Crippen LogP contribution in [0.4, 0.5) is 15.3 Å². The molecule has 2 aromatic carbocycles. The highest BCUT2D eigenvalue weighted by molar-refractivity contribution is 6.32. The molecular weight excluding hydrogens is 488 g/mol. The van der Waals surface area contributed by atoms with Gasteiger partial charge in [-0.1, -0.05) is 48.4 Å². The summed E-state index contributed by atoms with van der Waals surface area (Å²) < 4.78 is 5.66. The lowest BCUT2D eigenvalue weighted by atomic mass is 10.1. The number of benzene rings is 2. The summed E-state index contributed by atoms with van der Waals surface area (Å²) in [6, 6.07) is 11.0. The molecule has 1 heterocycles. The topological polar surface area (TPSA) is 138 Å². The van der Waals surface area contributed by atoms with Gasteiger partial charge in [-0.25, -0.2) is 25.3 Å². The van der Waals surface area contributed by atoms with Crippen molar-refractivity contribution in [1.82, 2.24) is 14.8 Å². The maximum Gasteiger partial charge on any atom is 0.345 e. The van der Waals surface area contributed by atoms with Crippen molar-refractivity contribution >= 4 is 35.3 Å². The highest BCUT2D eigenvalue weighted by Crippen LogP contribution is 2.30. The summed E-state index contributed by atoms with van der Waals surface area (Å²) in [4.78, 5) is 51.0. The first-order valence-electron chi connectivity index (χ1n) is 11.3. The number of nitroso groups, excluding NO2 is 1. The number of carbonyl (C=O) groups is 3. The van der Waals surface area contributed by atoms with Crippen LogP contribution in [0.15, 0.2) is 47.6 Å². The molecule has 192 valence electrons. The fourth-order valence-corrected chi connectivity index (χ4v) is 3.84. The van der Waals surface area contributed by atoms with Gasteiger partial charge in [-0.3, -0.25) is 9.69 Å². The number of aryl methyl sites for hydroxylation is 1. The average Bonchev–Trinajstić information content (AvgIpc) is 2.84. The Morgan fingerprint density at radius 2 is 1.81 bits per heavy atom. The second kappa shape index (κ2) is 11.4. The summed E-state index contributed by atoms with van der Waals surface area (Å²) in [7, 11) is 0. The number of nitrogens with two attached hydrogens (primary N) is 1. The number of halogens is 1. The largest absolute Gasteiger partial charge is 0.489 e. The Labute approximate surface area is 214 Å². The highest BCUT2D eigenvalue weighted by Gasteiger charge is 2.44. The van der Waals surface area contributed by atoms with Gasteiger partial charge in [-0.15, -0.1) is 4.91 Å². The molecule has 1 fully saturated rings. The van der Waals surface area contributed by atoms with Crippen molar-refractivity contribution in [1.29, 1.82) is 0 Å². The number of urea groups is 2. The van der Waals surface area contributed by atoms with Crippen LogP contribution in [0.25, 0.3) is 0 Å². The lowest BCUT2D eigenvalue weighted by molar-refractivity contribution is -0.121. The van der Waals surface area contributed by atoms with Crippen molar-refractivity contribution in [3.63, 3.8) is 0 Å². The van der Waals surface area contributed by atoms with Crippen molar-refractivity contribution in [2.45, 2.75) is 46.6 Å². The number of hydrogen-bond donors (Lipinski definition) is 2. The molecule has 1 saturated heterocycles. The number of anilines is 1. The van der Waals surface area contributed by atoms with E-state index in [0.717, 1.165) is 21.0 Å². The Morgan fingerprint density at radius 1 is 1.14 bits per heavy atom. The summed E-state index contributed by atoms with van der Waals surface area (Å²) in [5.74, 6) is 4.70. The van der Waals surface area contributed by atoms with Crippen molar-refractivity contribution in [3.8, 4) is 5.75 Å². The van der Waals surface area contributed by atoms with Gasteiger partial charge in [0.05, 0.1) is 23.6 Å². The minimum Gasteiger partial charge on any atom is -0.489 e. The molecule has 11 nitrogen and oxygen atoms in total. The molecular formula is C24H29ClN6O5. The van der Waals surface area contributed by atoms with Gasteiger partial charge in [-0.05, 0) is 44.5 Å². The number of imide groups is 1. The van der Waals surface area contributed by atoms with Crippen LogP contribution in [0.2, 0.25) is 5.02 Å². The van der Waals surface area contributed by atoms with Crippen LogP contribution in [-0.2, 0) is 11.3 Å². The minimum absolute atomic E-state index is 0.0749. The first-order chi connectivity index (χ1) is 17.0. The molecule has 12 heteroatoms. The summed E-state index contributed by atoms with van der Waals surface area (Å²) in [6.45, 7) is 6.86. The molecule has 0 bridgehead atoms. The number of hydrogen-bond acceptors (Lipinski definition) is 7. The number of rotatable bonds is 9. The maximum atomic E-state index is 13.5. The third-order valence-electron chi connectivity index (χ3n) is 5.52. The fraction of sp³-hybridized carbons (Fsp3) is 0.375. The van der Waals surface area contributed by atoms with Crippen LogP contribution in [0.5, 0.6) is 5.75 Å². The van der Waals surface area contributed by atoms with E-state index in [-0.39, 0.29) is 19.2 Å². The van der Waals surface area contributed by atoms with Gasteiger partial charge in [0.1, 0.15) is 5.75 Å². The molecule has 36 heavy (non-hydrogen) atoms. The molecule has 1 unspecified atom stereocenters. The predicted molar refractivity (Wildman–Crippen MR) is 135 cm³/mol. The van der Waals surface area contributed by atoms with Crippen molar-refractivity contribution in [3.05, 3.63) is 63.5 Å². The quantitative estimate of drug-likeness (QED) is 0.288. The summed E-state index contributed by atoms with van der Waals surface area (Å²) in [5, 5.41) is 6.67. The van der Waals surface area contributed by atoms with Gasteiger partial charge in [-0.2, -0.15) is 0 Å². The first kappa shape index (κ1) is 26.9. The smallest absolute Gasteiger partial charge is 0.345 e. The lowest BCUT2D eigenvalue weighted by Crippen LogP contribution is -2.70. The Bertz CT molecular complexity index is 1140. The van der Waals surface area contributed by atoms with Crippen LogP contribution in [0.3, 0.4) is 0 Å². The summed E-state index contributed by atoms with van der Waals surface area (Å²) in [5.41, 5.74) is 2.33. The van der Waals surface area contributed by atoms with Crippen LogP contribution >= 0.6 is 11.6 Å². The normalized spacial score (nSPS) is 16.9. The molecule has 0 spiro atoms. The molecule has 0 radical (unpaired) electrons. The third-order valence-corrected chi connectivity index (χ3v) is 5.81. The second-order valence-corrected chi connectivity index (χ2v) is 9.26. The molecule has 3 N–H and O–H groups in total. The van der Waals surface area contributed by atoms with Gasteiger partial charge in [0.2, 0.25) is 6.29 Å².